The van der Waals surface area contributed by atoms with E-state index in [0.717, 1.165) is 5.39 Å². The number of nitrogens with one attached hydrogen (secondary N) is 1. The second-order valence-corrected chi connectivity index (χ2v) is 7.32. The highest BCUT2D eigenvalue weighted by atomic mass is 35.5. The van der Waals surface area contributed by atoms with Crippen LogP contribution < -0.4 is 19.5 Å². The fourth-order valence-corrected chi connectivity index (χ4v) is 3.75. The number of nitriles is 1. The number of anilines is 2. The Kier molecular flexibility index (Phi) is 5.59. The van der Waals surface area contributed by atoms with E-state index >= 15 is 0 Å². The molecule has 2 heterocycles. The van der Waals surface area contributed by atoms with Gasteiger partial charge in [-0.2, -0.15) is 5.26 Å². The van der Waals surface area contributed by atoms with Crippen LogP contribution >= 0.6 is 23.2 Å². The lowest BCUT2D eigenvalue weighted by Gasteiger charge is -2.15. The van der Waals surface area contributed by atoms with Gasteiger partial charge in [0.15, 0.2) is 17.1 Å². The van der Waals surface area contributed by atoms with Crippen LogP contribution in [0.2, 0.25) is 10.0 Å². The van der Waals surface area contributed by atoms with Gasteiger partial charge >= 0.3 is 0 Å². The average molecular weight is 455 g/mol. The van der Waals surface area contributed by atoms with Crippen molar-refractivity contribution in [2.45, 2.75) is 0 Å². The molecule has 1 N–H and O–H groups in total. The number of rotatable bonds is 5. The van der Waals surface area contributed by atoms with Crippen LogP contribution in [0.1, 0.15) is 5.56 Å². The Balaban J connectivity index is 1.95. The summed E-state index contributed by atoms with van der Waals surface area (Å²) >= 11 is 12.5. The van der Waals surface area contributed by atoms with Crippen LogP contribution in [0.25, 0.3) is 21.9 Å². The smallest absolute Gasteiger partial charge is 0.162 e. The van der Waals surface area contributed by atoms with E-state index in [2.05, 4.69) is 21.4 Å². The molecule has 0 fully saturated rings. The van der Waals surface area contributed by atoms with Crippen molar-refractivity contribution in [3.8, 4) is 23.3 Å². The molecule has 7 nitrogen and oxygen atoms in total. The molecule has 0 saturated heterocycles. The van der Waals surface area contributed by atoms with E-state index in [0.29, 0.717) is 60.8 Å². The van der Waals surface area contributed by atoms with Crippen LogP contribution in [-0.2, 0) is 0 Å². The van der Waals surface area contributed by atoms with Crippen molar-refractivity contribution in [2.24, 2.45) is 0 Å². The monoisotopic (exact) mass is 454 g/mol. The molecule has 0 radical (unpaired) electrons. The molecule has 0 spiro atoms. The number of aromatic nitrogens is 2. The first kappa shape index (κ1) is 20.8. The summed E-state index contributed by atoms with van der Waals surface area (Å²) in [7, 11) is 4.64. The molecular formula is C22H16Cl2N4O3. The van der Waals surface area contributed by atoms with E-state index in [9.17, 15) is 5.26 Å². The fraction of sp³-hybridized carbons (Fsp3) is 0.136. The van der Waals surface area contributed by atoms with Gasteiger partial charge in [-0.25, -0.2) is 9.97 Å². The molecule has 0 unspecified atom stereocenters. The quantitative estimate of drug-likeness (QED) is 0.385. The maximum Gasteiger partial charge on any atom is 0.162 e. The minimum Gasteiger partial charge on any atom is -0.495 e. The highest BCUT2D eigenvalue weighted by molar-refractivity contribution is 6.37. The van der Waals surface area contributed by atoms with E-state index < -0.39 is 0 Å². The standard InChI is InChI=1S/C22H16Cl2N4O3/c1-29-18-8-17(14(23)6-15(18)24)27-21-12(9-25)10-26-22-13(21)4-11-5-19(30-2)20(31-3)7-16(11)28-22/h4-8,10H,1-3H3,(H,26,27,28). The van der Waals surface area contributed by atoms with Crippen LogP contribution in [-0.4, -0.2) is 31.3 Å². The summed E-state index contributed by atoms with van der Waals surface area (Å²) in [6, 6.07) is 10.9. The van der Waals surface area contributed by atoms with E-state index in [1.54, 1.807) is 32.4 Å². The Morgan fingerprint density at radius 3 is 2.29 bits per heavy atom. The first-order valence-electron chi connectivity index (χ1n) is 9.04. The van der Waals surface area contributed by atoms with Gasteiger partial charge in [-0.15, -0.1) is 0 Å². The zero-order valence-corrected chi connectivity index (χ0v) is 18.3. The molecule has 9 heteroatoms. The van der Waals surface area contributed by atoms with Crippen LogP contribution in [0.5, 0.6) is 17.2 Å². The van der Waals surface area contributed by atoms with Gasteiger partial charge in [0, 0.05) is 29.1 Å². The molecule has 2 aromatic carbocycles. The molecule has 0 atom stereocenters. The molecule has 0 amide bonds. The number of hydrogen-bond acceptors (Lipinski definition) is 7. The van der Waals surface area contributed by atoms with Gasteiger partial charge in [-0.05, 0) is 18.2 Å². The van der Waals surface area contributed by atoms with Crippen molar-refractivity contribution in [2.75, 3.05) is 26.6 Å². The lowest BCUT2D eigenvalue weighted by atomic mass is 10.1. The largest absolute Gasteiger partial charge is 0.495 e. The minimum atomic E-state index is 0.333. The van der Waals surface area contributed by atoms with E-state index in [1.807, 2.05) is 12.1 Å². The number of hydrogen-bond donors (Lipinski definition) is 1. The van der Waals surface area contributed by atoms with Gasteiger partial charge in [-0.1, -0.05) is 23.2 Å². The maximum atomic E-state index is 9.67. The molecule has 0 aliphatic rings. The summed E-state index contributed by atoms with van der Waals surface area (Å²) in [5, 5.41) is 15.1. The van der Waals surface area contributed by atoms with Crippen LogP contribution in [0.15, 0.2) is 36.5 Å². The number of nitrogens with zero attached hydrogens (tertiary/aromatic N) is 3. The summed E-state index contributed by atoms with van der Waals surface area (Å²) in [5.74, 6) is 1.58. The third-order valence-electron chi connectivity index (χ3n) is 4.78. The fourth-order valence-electron chi connectivity index (χ4n) is 3.24. The summed E-state index contributed by atoms with van der Waals surface area (Å²) in [6.07, 6.45) is 1.46. The molecule has 4 rings (SSSR count). The van der Waals surface area contributed by atoms with Gasteiger partial charge in [-0.3, -0.25) is 0 Å². The molecule has 0 aliphatic heterocycles. The highest BCUT2D eigenvalue weighted by Crippen LogP contribution is 2.39. The Labute approximate surface area is 188 Å². The molecule has 0 saturated carbocycles. The molecule has 31 heavy (non-hydrogen) atoms. The first-order valence-corrected chi connectivity index (χ1v) is 9.80. The number of pyridine rings is 2. The zero-order chi connectivity index (χ0) is 22.1. The summed E-state index contributed by atoms with van der Waals surface area (Å²) in [4.78, 5) is 8.98. The normalized spacial score (nSPS) is 10.7. The Bertz CT molecular complexity index is 1370. The first-order chi connectivity index (χ1) is 15.0. The lowest BCUT2D eigenvalue weighted by Crippen LogP contribution is -2.00. The van der Waals surface area contributed by atoms with Crippen molar-refractivity contribution >= 4 is 56.5 Å². The lowest BCUT2D eigenvalue weighted by molar-refractivity contribution is 0.356. The molecule has 156 valence electrons. The number of ether oxygens (including phenoxy) is 3. The van der Waals surface area contributed by atoms with Crippen LogP contribution in [0, 0.1) is 11.3 Å². The van der Waals surface area contributed by atoms with E-state index in [1.165, 1.54) is 13.3 Å². The second kappa shape index (κ2) is 8.34. The predicted molar refractivity (Wildman–Crippen MR) is 121 cm³/mol. The number of benzene rings is 2. The van der Waals surface area contributed by atoms with Crippen molar-refractivity contribution in [3.05, 3.63) is 52.1 Å². The van der Waals surface area contributed by atoms with Gasteiger partial charge in [0.2, 0.25) is 0 Å². The van der Waals surface area contributed by atoms with Crippen LogP contribution in [0.3, 0.4) is 0 Å². The average Bonchev–Trinajstić information content (AvgIpc) is 2.78. The minimum absolute atomic E-state index is 0.333. The van der Waals surface area contributed by atoms with E-state index in [-0.39, 0.29) is 0 Å². The molecule has 0 bridgehead atoms. The van der Waals surface area contributed by atoms with Gasteiger partial charge < -0.3 is 19.5 Å². The third kappa shape index (κ3) is 3.72. The Hall–Kier alpha value is -3.47. The number of fused-ring (bicyclic) bond motifs is 2. The van der Waals surface area contributed by atoms with Crippen molar-refractivity contribution in [1.29, 1.82) is 5.26 Å². The SMILES string of the molecule is COc1cc(Nc2c(C#N)cnc3nc4cc(OC)c(OC)cc4cc23)c(Cl)cc1Cl. The molecular weight excluding hydrogens is 439 g/mol. The Morgan fingerprint density at radius 2 is 1.61 bits per heavy atom. The maximum absolute atomic E-state index is 9.67. The van der Waals surface area contributed by atoms with Crippen LogP contribution in [0.4, 0.5) is 11.4 Å². The van der Waals surface area contributed by atoms with Gasteiger partial charge in [0.1, 0.15) is 11.8 Å². The zero-order valence-electron chi connectivity index (χ0n) is 16.8. The molecule has 2 aromatic heterocycles. The van der Waals surface area contributed by atoms with Crippen molar-refractivity contribution in [1.82, 2.24) is 9.97 Å². The number of halogens is 2. The van der Waals surface area contributed by atoms with Gasteiger partial charge in [0.25, 0.3) is 0 Å². The predicted octanol–water partition coefficient (Wildman–Crippen LogP) is 5.73. The Morgan fingerprint density at radius 1 is 0.903 bits per heavy atom. The summed E-state index contributed by atoms with van der Waals surface area (Å²) < 4.78 is 16.0. The third-order valence-corrected chi connectivity index (χ3v) is 5.38. The molecule has 0 aliphatic carbocycles. The molecule has 4 aromatic rings. The number of methoxy groups -OCH3 is 3. The van der Waals surface area contributed by atoms with Gasteiger partial charge in [0.05, 0.1) is 53.8 Å². The summed E-state index contributed by atoms with van der Waals surface area (Å²) in [6.45, 7) is 0. The topological polar surface area (TPSA) is 89.3 Å². The van der Waals surface area contributed by atoms with Crippen molar-refractivity contribution in [3.63, 3.8) is 0 Å². The van der Waals surface area contributed by atoms with Crippen molar-refractivity contribution < 1.29 is 14.2 Å². The second-order valence-electron chi connectivity index (χ2n) is 6.51. The summed E-state index contributed by atoms with van der Waals surface area (Å²) in [5.41, 5.74) is 2.51. The highest BCUT2D eigenvalue weighted by Gasteiger charge is 2.16. The van der Waals surface area contributed by atoms with E-state index in [4.69, 9.17) is 37.4 Å².